The summed E-state index contributed by atoms with van der Waals surface area (Å²) >= 11 is 7.76. The number of thiophene rings is 1. The molecule has 1 aliphatic rings. The van der Waals surface area contributed by atoms with Crippen molar-refractivity contribution in [1.82, 2.24) is 0 Å². The van der Waals surface area contributed by atoms with Crippen molar-refractivity contribution in [1.29, 1.82) is 0 Å². The van der Waals surface area contributed by atoms with E-state index < -0.39 is 0 Å². The second kappa shape index (κ2) is 3.16. The van der Waals surface area contributed by atoms with Crippen LogP contribution in [0.25, 0.3) is 0 Å². The van der Waals surface area contributed by atoms with E-state index in [1.807, 2.05) is 11.3 Å². The van der Waals surface area contributed by atoms with Crippen LogP contribution in [0.15, 0.2) is 11.4 Å². The first-order valence-electron chi connectivity index (χ1n) is 4.04. The van der Waals surface area contributed by atoms with Crippen molar-refractivity contribution < 1.29 is 0 Å². The summed E-state index contributed by atoms with van der Waals surface area (Å²) in [6, 6.07) is 2.24. The number of aryl methyl sites for hydroxylation is 1. The first-order chi connectivity index (χ1) is 5.42. The van der Waals surface area contributed by atoms with Crippen LogP contribution in [0.5, 0.6) is 0 Å². The Morgan fingerprint density at radius 3 is 3.36 bits per heavy atom. The highest BCUT2D eigenvalue weighted by Gasteiger charge is 2.19. The second-order valence-corrected chi connectivity index (χ2v) is 4.35. The summed E-state index contributed by atoms with van der Waals surface area (Å²) in [5, 5.41) is 2.19. The third-order valence-corrected chi connectivity index (χ3v) is 3.73. The predicted octanol–water partition coefficient (Wildman–Crippen LogP) is 3.41. The molecule has 1 unspecified atom stereocenters. The Morgan fingerprint density at radius 2 is 2.55 bits per heavy atom. The fourth-order valence-corrected chi connectivity index (χ4v) is 3.07. The highest BCUT2D eigenvalue weighted by atomic mass is 35.5. The fourth-order valence-electron chi connectivity index (χ4n) is 1.74. The lowest BCUT2D eigenvalue weighted by molar-refractivity contribution is 0.603. The van der Waals surface area contributed by atoms with Crippen molar-refractivity contribution in [3.8, 4) is 0 Å². The SMILES string of the molecule is ClCC1CCCc2sccc21. The molecule has 0 aliphatic heterocycles. The third-order valence-electron chi connectivity index (χ3n) is 2.36. The number of fused-ring (bicyclic) bond motifs is 1. The Morgan fingerprint density at radius 1 is 1.64 bits per heavy atom. The Balaban J connectivity index is 2.32. The molecule has 0 amide bonds. The van der Waals surface area contributed by atoms with Crippen LogP contribution in [0.3, 0.4) is 0 Å². The van der Waals surface area contributed by atoms with Crippen molar-refractivity contribution in [3.05, 3.63) is 21.9 Å². The maximum atomic E-state index is 5.87. The molecule has 0 radical (unpaired) electrons. The van der Waals surface area contributed by atoms with Gasteiger partial charge in [0.25, 0.3) is 0 Å². The van der Waals surface area contributed by atoms with E-state index in [1.54, 1.807) is 4.88 Å². The van der Waals surface area contributed by atoms with Gasteiger partial charge in [-0.25, -0.2) is 0 Å². The van der Waals surface area contributed by atoms with Crippen molar-refractivity contribution in [2.45, 2.75) is 25.2 Å². The van der Waals surface area contributed by atoms with Crippen LogP contribution in [-0.2, 0) is 6.42 Å². The number of rotatable bonds is 1. The van der Waals surface area contributed by atoms with Gasteiger partial charge in [-0.05, 0) is 42.2 Å². The third kappa shape index (κ3) is 1.32. The predicted molar refractivity (Wildman–Crippen MR) is 50.7 cm³/mol. The van der Waals surface area contributed by atoms with Crippen molar-refractivity contribution >= 4 is 22.9 Å². The first kappa shape index (κ1) is 7.63. The molecule has 0 spiro atoms. The highest BCUT2D eigenvalue weighted by molar-refractivity contribution is 7.10. The van der Waals surface area contributed by atoms with Gasteiger partial charge in [-0.15, -0.1) is 22.9 Å². The normalized spacial score (nSPS) is 23.2. The average Bonchev–Trinajstić information content (AvgIpc) is 2.50. The molecule has 60 valence electrons. The summed E-state index contributed by atoms with van der Waals surface area (Å²) in [6.07, 6.45) is 3.89. The van der Waals surface area contributed by atoms with Crippen molar-refractivity contribution in [2.75, 3.05) is 5.88 Å². The zero-order valence-electron chi connectivity index (χ0n) is 6.35. The van der Waals surface area contributed by atoms with Gasteiger partial charge in [0.05, 0.1) is 0 Å². The number of hydrogen-bond donors (Lipinski definition) is 0. The molecule has 0 saturated heterocycles. The van der Waals surface area contributed by atoms with Crippen LogP contribution in [0.2, 0.25) is 0 Å². The lowest BCUT2D eigenvalue weighted by Gasteiger charge is -2.19. The number of halogens is 1. The molecular weight excluding hydrogens is 176 g/mol. The minimum Gasteiger partial charge on any atom is -0.149 e. The minimum atomic E-state index is 0.645. The summed E-state index contributed by atoms with van der Waals surface area (Å²) in [6.45, 7) is 0. The molecule has 1 atom stereocenters. The maximum Gasteiger partial charge on any atom is 0.0292 e. The minimum absolute atomic E-state index is 0.645. The molecule has 1 aliphatic carbocycles. The zero-order valence-corrected chi connectivity index (χ0v) is 7.92. The van der Waals surface area contributed by atoms with E-state index >= 15 is 0 Å². The molecule has 1 heterocycles. The van der Waals surface area contributed by atoms with Crippen LogP contribution in [0, 0.1) is 0 Å². The average molecular weight is 187 g/mol. The van der Waals surface area contributed by atoms with Gasteiger partial charge < -0.3 is 0 Å². The van der Waals surface area contributed by atoms with Crippen LogP contribution in [-0.4, -0.2) is 5.88 Å². The molecule has 1 aromatic rings. The summed E-state index contributed by atoms with van der Waals surface area (Å²) in [7, 11) is 0. The van der Waals surface area contributed by atoms with Gasteiger partial charge in [-0.2, -0.15) is 0 Å². The van der Waals surface area contributed by atoms with E-state index in [0.717, 1.165) is 5.88 Å². The van der Waals surface area contributed by atoms with Gasteiger partial charge in [-0.3, -0.25) is 0 Å². The topological polar surface area (TPSA) is 0 Å². The fraction of sp³-hybridized carbons (Fsp3) is 0.556. The second-order valence-electron chi connectivity index (χ2n) is 3.04. The highest BCUT2D eigenvalue weighted by Crippen LogP contribution is 2.35. The maximum absolute atomic E-state index is 5.87. The standard InChI is InChI=1S/C9H11ClS/c10-6-7-2-1-3-9-8(7)4-5-11-9/h4-5,7H,1-3,6H2. The number of alkyl halides is 1. The van der Waals surface area contributed by atoms with E-state index in [9.17, 15) is 0 Å². The molecule has 0 aromatic carbocycles. The summed E-state index contributed by atoms with van der Waals surface area (Å²) in [4.78, 5) is 1.57. The van der Waals surface area contributed by atoms with Gasteiger partial charge >= 0.3 is 0 Å². The molecule has 0 bridgehead atoms. The van der Waals surface area contributed by atoms with E-state index in [0.29, 0.717) is 5.92 Å². The van der Waals surface area contributed by atoms with Gasteiger partial charge in [0.15, 0.2) is 0 Å². The molecule has 0 saturated carbocycles. The van der Waals surface area contributed by atoms with Crippen LogP contribution >= 0.6 is 22.9 Å². The van der Waals surface area contributed by atoms with Crippen LogP contribution in [0.4, 0.5) is 0 Å². The molecule has 0 N–H and O–H groups in total. The molecule has 11 heavy (non-hydrogen) atoms. The molecule has 2 heteroatoms. The quantitative estimate of drug-likeness (QED) is 0.590. The number of hydrogen-bond acceptors (Lipinski definition) is 1. The van der Waals surface area contributed by atoms with Crippen molar-refractivity contribution in [2.24, 2.45) is 0 Å². The summed E-state index contributed by atoms with van der Waals surface area (Å²) in [5.74, 6) is 1.44. The molecule has 0 nitrogen and oxygen atoms in total. The molecule has 2 rings (SSSR count). The lowest BCUT2D eigenvalue weighted by atomic mass is 9.89. The Labute approximate surface area is 76.2 Å². The van der Waals surface area contributed by atoms with Gasteiger partial charge in [0, 0.05) is 10.8 Å². The van der Waals surface area contributed by atoms with E-state index in [2.05, 4.69) is 11.4 Å². The van der Waals surface area contributed by atoms with Gasteiger partial charge in [0.1, 0.15) is 0 Å². The zero-order chi connectivity index (χ0) is 7.68. The largest absolute Gasteiger partial charge is 0.149 e. The summed E-state index contributed by atoms with van der Waals surface area (Å²) < 4.78 is 0. The van der Waals surface area contributed by atoms with Gasteiger partial charge in [0.2, 0.25) is 0 Å². The molecular formula is C9H11ClS. The van der Waals surface area contributed by atoms with Crippen LogP contribution in [0.1, 0.15) is 29.2 Å². The molecule has 0 fully saturated rings. The summed E-state index contributed by atoms with van der Waals surface area (Å²) in [5.41, 5.74) is 1.52. The molecule has 1 aromatic heterocycles. The first-order valence-corrected chi connectivity index (χ1v) is 5.45. The van der Waals surface area contributed by atoms with E-state index in [1.165, 1.54) is 24.8 Å². The Kier molecular flexibility index (Phi) is 2.19. The Bertz CT molecular complexity index is 241. The monoisotopic (exact) mass is 186 g/mol. The van der Waals surface area contributed by atoms with Crippen LogP contribution < -0.4 is 0 Å². The smallest absolute Gasteiger partial charge is 0.0292 e. The lowest BCUT2D eigenvalue weighted by Crippen LogP contribution is -2.07. The van der Waals surface area contributed by atoms with E-state index in [-0.39, 0.29) is 0 Å². The van der Waals surface area contributed by atoms with E-state index in [4.69, 9.17) is 11.6 Å². The van der Waals surface area contributed by atoms with Crippen molar-refractivity contribution in [3.63, 3.8) is 0 Å². The van der Waals surface area contributed by atoms with Gasteiger partial charge in [-0.1, -0.05) is 0 Å². The Hall–Kier alpha value is -0.0100.